The molecule has 1 aromatic heterocycles. The summed E-state index contributed by atoms with van der Waals surface area (Å²) in [4.78, 5) is 29.8. The average molecular weight is 408 g/mol. The Morgan fingerprint density at radius 3 is 2.87 bits per heavy atom. The number of amides is 2. The Balaban J connectivity index is 1.51. The van der Waals surface area contributed by atoms with Crippen molar-refractivity contribution in [2.45, 2.75) is 38.8 Å². The Hall–Kier alpha value is -3.19. The van der Waals surface area contributed by atoms with Crippen LogP contribution in [0.1, 0.15) is 29.7 Å². The number of aromatic nitrogens is 1. The van der Waals surface area contributed by atoms with E-state index in [0.717, 1.165) is 47.1 Å². The van der Waals surface area contributed by atoms with Crippen molar-refractivity contribution in [2.24, 2.45) is 5.73 Å². The van der Waals surface area contributed by atoms with Crippen LogP contribution in [-0.2, 0) is 22.6 Å². The third-order valence-electron chi connectivity index (χ3n) is 5.78. The predicted molar refractivity (Wildman–Crippen MR) is 114 cm³/mol. The second kappa shape index (κ2) is 8.28. The van der Waals surface area contributed by atoms with Gasteiger partial charge in [-0.05, 0) is 61.7 Å². The number of para-hydroxylation sites is 1. The lowest BCUT2D eigenvalue weighted by atomic mass is 10.1. The summed E-state index contributed by atoms with van der Waals surface area (Å²) in [7, 11) is 0. The van der Waals surface area contributed by atoms with Crippen molar-refractivity contribution in [2.75, 3.05) is 11.9 Å². The fraction of sp³-hybridized carbons (Fsp3) is 0.304. The highest BCUT2D eigenvalue weighted by Crippen LogP contribution is 2.26. The lowest BCUT2D eigenvalue weighted by Crippen LogP contribution is -2.39. The molecule has 1 aliphatic heterocycles. The summed E-state index contributed by atoms with van der Waals surface area (Å²) < 4.78 is 13.7. The second-order valence-electron chi connectivity index (χ2n) is 7.83. The smallest absolute Gasteiger partial charge is 0.234 e. The Morgan fingerprint density at radius 2 is 2.07 bits per heavy atom. The zero-order chi connectivity index (χ0) is 21.3. The largest absolute Gasteiger partial charge is 0.368 e. The van der Waals surface area contributed by atoms with Crippen LogP contribution >= 0.6 is 0 Å². The molecule has 7 heteroatoms. The molecule has 1 aliphatic rings. The van der Waals surface area contributed by atoms with Crippen LogP contribution in [0.25, 0.3) is 10.9 Å². The number of carbonyl (C=O) groups is 2. The summed E-state index contributed by atoms with van der Waals surface area (Å²) in [5.41, 5.74) is 9.61. The minimum Gasteiger partial charge on any atom is -0.368 e. The number of carbonyl (C=O) groups excluding carboxylic acids is 2. The molecule has 4 rings (SSSR count). The predicted octanol–water partition coefficient (Wildman–Crippen LogP) is 3.25. The monoisotopic (exact) mass is 408 g/mol. The molecule has 3 aromatic rings. The van der Waals surface area contributed by atoms with Gasteiger partial charge in [-0.15, -0.1) is 0 Å². The molecule has 1 fully saturated rings. The first kappa shape index (κ1) is 20.1. The van der Waals surface area contributed by atoms with E-state index in [1.54, 1.807) is 6.07 Å². The van der Waals surface area contributed by atoms with Crippen molar-refractivity contribution >= 4 is 28.4 Å². The third kappa shape index (κ3) is 4.07. The zero-order valence-corrected chi connectivity index (χ0v) is 16.9. The molecule has 1 atom stereocenters. The number of hydrogen-bond donors (Lipinski definition) is 3. The standard InChI is InChI=1S/C23H25FN4O2/c1-14-17(18-11-16(24)8-9-20(18)26-14)12-22(29)27-19-6-3-2-5-15(19)13-28-10-4-7-21(28)23(25)30/h2-3,5-6,8-9,11,21,26H,4,7,10,12-13H2,1H3,(H2,25,30)(H,27,29). The van der Waals surface area contributed by atoms with Gasteiger partial charge in [0.05, 0.1) is 12.5 Å². The molecule has 6 nitrogen and oxygen atoms in total. The van der Waals surface area contributed by atoms with E-state index in [1.807, 2.05) is 31.2 Å². The first-order valence-corrected chi connectivity index (χ1v) is 10.1. The quantitative estimate of drug-likeness (QED) is 0.585. The average Bonchev–Trinajstić information content (AvgIpc) is 3.28. The molecule has 0 spiro atoms. The number of primary amides is 1. The molecule has 0 saturated carbocycles. The van der Waals surface area contributed by atoms with E-state index in [0.29, 0.717) is 12.2 Å². The van der Waals surface area contributed by atoms with Gasteiger partial charge >= 0.3 is 0 Å². The number of aryl methyl sites for hydroxylation is 1. The topological polar surface area (TPSA) is 91.2 Å². The van der Waals surface area contributed by atoms with Crippen LogP contribution in [0.4, 0.5) is 10.1 Å². The molecule has 2 heterocycles. The number of benzene rings is 2. The van der Waals surface area contributed by atoms with Gasteiger partial charge in [0.2, 0.25) is 11.8 Å². The van der Waals surface area contributed by atoms with Crippen LogP contribution in [0, 0.1) is 12.7 Å². The number of H-pyrrole nitrogens is 1. The summed E-state index contributed by atoms with van der Waals surface area (Å²) in [5, 5.41) is 3.70. The molecule has 2 amide bonds. The second-order valence-corrected chi connectivity index (χ2v) is 7.83. The fourth-order valence-electron chi connectivity index (χ4n) is 4.27. The van der Waals surface area contributed by atoms with Gasteiger partial charge in [0, 0.05) is 28.8 Å². The maximum absolute atomic E-state index is 13.7. The van der Waals surface area contributed by atoms with Crippen molar-refractivity contribution in [3.05, 3.63) is 65.1 Å². The van der Waals surface area contributed by atoms with Crippen LogP contribution in [0.3, 0.4) is 0 Å². The summed E-state index contributed by atoms with van der Waals surface area (Å²) in [6, 6.07) is 11.8. The highest BCUT2D eigenvalue weighted by molar-refractivity contribution is 5.96. The molecule has 0 bridgehead atoms. The number of hydrogen-bond acceptors (Lipinski definition) is 3. The molecule has 1 saturated heterocycles. The highest BCUT2D eigenvalue weighted by Gasteiger charge is 2.29. The molecular weight excluding hydrogens is 383 g/mol. The van der Waals surface area contributed by atoms with Crippen molar-refractivity contribution in [3.8, 4) is 0 Å². The van der Waals surface area contributed by atoms with Gasteiger partial charge in [-0.3, -0.25) is 14.5 Å². The van der Waals surface area contributed by atoms with E-state index < -0.39 is 0 Å². The maximum Gasteiger partial charge on any atom is 0.234 e. The van der Waals surface area contributed by atoms with Gasteiger partial charge in [0.1, 0.15) is 5.82 Å². The number of fused-ring (bicyclic) bond motifs is 1. The van der Waals surface area contributed by atoms with Gasteiger partial charge in [0.25, 0.3) is 0 Å². The van der Waals surface area contributed by atoms with Crippen molar-refractivity contribution < 1.29 is 14.0 Å². The Bertz CT molecular complexity index is 1110. The number of rotatable bonds is 6. The summed E-state index contributed by atoms with van der Waals surface area (Å²) in [5.74, 6) is -0.817. The van der Waals surface area contributed by atoms with Crippen molar-refractivity contribution in [3.63, 3.8) is 0 Å². The number of halogens is 1. The summed E-state index contributed by atoms with van der Waals surface area (Å²) in [6.45, 7) is 3.23. The highest BCUT2D eigenvalue weighted by atomic mass is 19.1. The van der Waals surface area contributed by atoms with Crippen molar-refractivity contribution in [1.82, 2.24) is 9.88 Å². The minimum atomic E-state index is -0.330. The maximum atomic E-state index is 13.7. The fourth-order valence-corrected chi connectivity index (χ4v) is 4.27. The van der Waals surface area contributed by atoms with E-state index in [-0.39, 0.29) is 30.1 Å². The molecule has 4 N–H and O–H groups in total. The van der Waals surface area contributed by atoms with E-state index in [1.165, 1.54) is 12.1 Å². The van der Waals surface area contributed by atoms with Crippen molar-refractivity contribution in [1.29, 1.82) is 0 Å². The van der Waals surface area contributed by atoms with Gasteiger partial charge in [-0.1, -0.05) is 18.2 Å². The van der Waals surface area contributed by atoms with Gasteiger partial charge in [-0.25, -0.2) is 4.39 Å². The van der Waals surface area contributed by atoms with E-state index in [4.69, 9.17) is 5.73 Å². The van der Waals surface area contributed by atoms with Crippen LogP contribution < -0.4 is 11.1 Å². The van der Waals surface area contributed by atoms with Crippen LogP contribution in [0.5, 0.6) is 0 Å². The van der Waals surface area contributed by atoms with Gasteiger partial charge in [0.15, 0.2) is 0 Å². The Kier molecular flexibility index (Phi) is 5.55. The molecule has 156 valence electrons. The minimum absolute atomic E-state index is 0.136. The van der Waals surface area contributed by atoms with Crippen LogP contribution in [-0.4, -0.2) is 34.3 Å². The zero-order valence-electron chi connectivity index (χ0n) is 16.9. The lowest BCUT2D eigenvalue weighted by Gasteiger charge is -2.23. The Morgan fingerprint density at radius 1 is 1.27 bits per heavy atom. The number of nitrogens with two attached hydrogens (primary N) is 1. The number of anilines is 1. The SMILES string of the molecule is Cc1[nH]c2ccc(F)cc2c1CC(=O)Nc1ccccc1CN1CCCC1C(N)=O. The molecule has 2 aromatic carbocycles. The number of likely N-dealkylation sites (tertiary alicyclic amines) is 1. The van der Waals surface area contributed by atoms with E-state index >= 15 is 0 Å². The molecule has 0 radical (unpaired) electrons. The number of nitrogens with zero attached hydrogens (tertiary/aromatic N) is 1. The Labute approximate surface area is 174 Å². The molecule has 0 aliphatic carbocycles. The molecular formula is C23H25FN4O2. The van der Waals surface area contributed by atoms with Crippen LogP contribution in [0.15, 0.2) is 42.5 Å². The molecule has 1 unspecified atom stereocenters. The summed E-state index contributed by atoms with van der Waals surface area (Å²) in [6.07, 6.45) is 1.83. The number of aromatic amines is 1. The summed E-state index contributed by atoms with van der Waals surface area (Å²) >= 11 is 0. The van der Waals surface area contributed by atoms with E-state index in [9.17, 15) is 14.0 Å². The normalized spacial score (nSPS) is 16.8. The third-order valence-corrected chi connectivity index (χ3v) is 5.78. The first-order chi connectivity index (χ1) is 14.4. The first-order valence-electron chi connectivity index (χ1n) is 10.1. The van der Waals surface area contributed by atoms with E-state index in [2.05, 4.69) is 15.2 Å². The van der Waals surface area contributed by atoms with Crippen LogP contribution in [0.2, 0.25) is 0 Å². The van der Waals surface area contributed by atoms with Gasteiger partial charge < -0.3 is 16.0 Å². The number of nitrogens with one attached hydrogen (secondary N) is 2. The van der Waals surface area contributed by atoms with Gasteiger partial charge in [-0.2, -0.15) is 0 Å². The lowest BCUT2D eigenvalue weighted by molar-refractivity contribution is -0.122. The molecule has 30 heavy (non-hydrogen) atoms.